The second-order valence-corrected chi connectivity index (χ2v) is 12.4. The number of rotatable bonds is 12. The normalized spacial score (nSPS) is 14.5. The Hall–Kier alpha value is -2.60. The molecule has 0 bridgehead atoms. The van der Waals surface area contributed by atoms with Crippen molar-refractivity contribution >= 4 is 19.9 Å². The lowest BCUT2D eigenvalue weighted by atomic mass is 10.2. The summed E-state index contributed by atoms with van der Waals surface area (Å²) in [6, 6.07) is 13.4. The molecule has 0 aliphatic heterocycles. The summed E-state index contributed by atoms with van der Waals surface area (Å²) in [5, 5.41) is -0.169. The third kappa shape index (κ3) is 6.16. The van der Waals surface area contributed by atoms with Crippen LogP contribution in [0.4, 0.5) is 4.39 Å². The lowest BCUT2D eigenvalue weighted by Crippen LogP contribution is -2.33. The van der Waals surface area contributed by atoms with Crippen molar-refractivity contribution in [1.29, 1.82) is 0 Å². The Bertz CT molecular complexity index is 1350. The van der Waals surface area contributed by atoms with E-state index in [0.717, 1.165) is 12.8 Å². The molecule has 35 heavy (non-hydrogen) atoms. The predicted molar refractivity (Wildman–Crippen MR) is 128 cm³/mol. The van der Waals surface area contributed by atoms with Gasteiger partial charge in [-0.05, 0) is 48.6 Å². The van der Waals surface area contributed by atoms with Crippen molar-refractivity contribution in [2.75, 3.05) is 20.3 Å². The predicted octanol–water partition coefficient (Wildman–Crippen LogP) is 3.24. The van der Waals surface area contributed by atoms with Crippen LogP contribution in [-0.2, 0) is 43.4 Å². The number of ether oxygens (including phenoxy) is 1. The average Bonchev–Trinajstić information content (AvgIpc) is 3.56. The standard InChI is InChI=1S/C24H28FN3O5S2/c1-33-14-13-28-22(15-26-24(28)34(29,30)18-20-9-11-21(25)12-10-20)17-27(16-19-7-8-19)35(31,32)23-5-3-2-4-6-23/h2-6,9-12,15,19H,7-8,13-14,16-18H2,1H3. The molecule has 3 aromatic rings. The van der Waals surface area contributed by atoms with Gasteiger partial charge in [-0.1, -0.05) is 30.3 Å². The van der Waals surface area contributed by atoms with E-state index >= 15 is 0 Å². The summed E-state index contributed by atoms with van der Waals surface area (Å²) >= 11 is 0. The third-order valence-electron chi connectivity index (χ3n) is 5.85. The molecule has 1 aromatic heterocycles. The number of halogens is 1. The zero-order valence-corrected chi connectivity index (χ0v) is 21.0. The highest BCUT2D eigenvalue weighted by molar-refractivity contribution is 7.90. The van der Waals surface area contributed by atoms with Crippen molar-refractivity contribution in [3.63, 3.8) is 0 Å². The van der Waals surface area contributed by atoms with Crippen LogP contribution < -0.4 is 0 Å². The lowest BCUT2D eigenvalue weighted by Gasteiger charge is -2.23. The molecule has 4 rings (SSSR count). The van der Waals surface area contributed by atoms with E-state index in [4.69, 9.17) is 4.74 Å². The Balaban J connectivity index is 1.67. The van der Waals surface area contributed by atoms with Gasteiger partial charge in [0.05, 0.1) is 35.7 Å². The average molecular weight is 522 g/mol. The second kappa shape index (κ2) is 10.6. The van der Waals surface area contributed by atoms with Gasteiger partial charge in [-0.15, -0.1) is 0 Å². The summed E-state index contributed by atoms with van der Waals surface area (Å²) in [5.41, 5.74) is 0.885. The molecular formula is C24H28FN3O5S2. The maximum Gasteiger partial charge on any atom is 0.243 e. The van der Waals surface area contributed by atoms with E-state index in [1.807, 2.05) is 0 Å². The molecule has 0 radical (unpaired) electrons. The van der Waals surface area contributed by atoms with E-state index in [9.17, 15) is 21.2 Å². The Labute approximate surface area is 205 Å². The van der Waals surface area contributed by atoms with E-state index in [2.05, 4.69) is 4.98 Å². The van der Waals surface area contributed by atoms with E-state index in [-0.39, 0.29) is 41.4 Å². The van der Waals surface area contributed by atoms with Gasteiger partial charge in [0.15, 0.2) is 0 Å². The number of sulfonamides is 1. The molecule has 1 aliphatic carbocycles. The van der Waals surface area contributed by atoms with Gasteiger partial charge < -0.3 is 9.30 Å². The lowest BCUT2D eigenvalue weighted by molar-refractivity contribution is 0.182. The molecule has 1 fully saturated rings. The highest BCUT2D eigenvalue weighted by Gasteiger charge is 2.33. The van der Waals surface area contributed by atoms with Gasteiger partial charge in [0.2, 0.25) is 25.0 Å². The van der Waals surface area contributed by atoms with Crippen LogP contribution in [0, 0.1) is 11.7 Å². The van der Waals surface area contributed by atoms with E-state index in [1.54, 1.807) is 30.3 Å². The first-order valence-corrected chi connectivity index (χ1v) is 14.4. The number of hydrogen-bond acceptors (Lipinski definition) is 6. The summed E-state index contributed by atoms with van der Waals surface area (Å²) in [4.78, 5) is 4.37. The molecule has 0 spiro atoms. The number of imidazole rings is 1. The monoisotopic (exact) mass is 521 g/mol. The van der Waals surface area contributed by atoms with E-state index < -0.39 is 25.7 Å². The van der Waals surface area contributed by atoms with Crippen LogP contribution in [0.1, 0.15) is 24.1 Å². The van der Waals surface area contributed by atoms with E-state index in [1.165, 1.54) is 46.4 Å². The largest absolute Gasteiger partial charge is 0.383 e. The molecule has 1 saturated carbocycles. The number of benzene rings is 2. The first kappa shape index (κ1) is 25.5. The van der Waals surface area contributed by atoms with Crippen LogP contribution >= 0.6 is 0 Å². The van der Waals surface area contributed by atoms with Crippen LogP contribution in [-0.4, -0.2) is 51.0 Å². The molecule has 0 saturated heterocycles. The first-order valence-electron chi connectivity index (χ1n) is 11.3. The summed E-state index contributed by atoms with van der Waals surface area (Å²) in [5.74, 6) is -0.527. The zero-order valence-electron chi connectivity index (χ0n) is 19.4. The fourth-order valence-corrected chi connectivity index (χ4v) is 6.84. The number of sulfone groups is 1. The van der Waals surface area contributed by atoms with Crippen LogP contribution in [0.3, 0.4) is 0 Å². The number of methoxy groups -OCH3 is 1. The van der Waals surface area contributed by atoms with Crippen molar-refractivity contribution in [1.82, 2.24) is 13.9 Å². The number of aromatic nitrogens is 2. The molecule has 0 N–H and O–H groups in total. The summed E-state index contributed by atoms with van der Waals surface area (Å²) in [6.45, 7) is 0.740. The molecule has 1 aliphatic rings. The van der Waals surface area contributed by atoms with Gasteiger partial charge in [0.25, 0.3) is 0 Å². The molecule has 8 nitrogen and oxygen atoms in total. The molecule has 0 unspecified atom stereocenters. The SMILES string of the molecule is COCCn1c(CN(CC2CC2)S(=O)(=O)c2ccccc2)cnc1S(=O)(=O)Cc1ccc(F)cc1. The van der Waals surface area contributed by atoms with Gasteiger partial charge in [0, 0.05) is 20.2 Å². The minimum Gasteiger partial charge on any atom is -0.383 e. The fraction of sp³-hybridized carbons (Fsp3) is 0.375. The summed E-state index contributed by atoms with van der Waals surface area (Å²) in [6.07, 6.45) is 3.33. The van der Waals surface area contributed by atoms with E-state index in [0.29, 0.717) is 17.8 Å². The van der Waals surface area contributed by atoms with Crippen LogP contribution in [0.2, 0.25) is 0 Å². The Morgan fingerprint density at radius 2 is 1.74 bits per heavy atom. The fourth-order valence-electron chi connectivity index (χ4n) is 3.81. The van der Waals surface area contributed by atoms with Crippen LogP contribution in [0.5, 0.6) is 0 Å². The van der Waals surface area contributed by atoms with Crippen molar-refractivity contribution in [3.8, 4) is 0 Å². The van der Waals surface area contributed by atoms with Crippen molar-refractivity contribution in [2.24, 2.45) is 5.92 Å². The molecule has 0 amide bonds. The Morgan fingerprint density at radius 3 is 2.37 bits per heavy atom. The Kier molecular flexibility index (Phi) is 7.70. The quantitative estimate of drug-likeness (QED) is 0.363. The van der Waals surface area contributed by atoms with Crippen molar-refractivity contribution in [3.05, 3.63) is 77.9 Å². The minimum atomic E-state index is -3.89. The maximum atomic E-state index is 13.4. The maximum absolute atomic E-state index is 13.4. The highest BCUT2D eigenvalue weighted by atomic mass is 32.2. The molecule has 188 valence electrons. The minimum absolute atomic E-state index is 0.0174. The third-order valence-corrected chi connectivity index (χ3v) is 9.27. The van der Waals surface area contributed by atoms with Gasteiger partial charge in [-0.2, -0.15) is 4.31 Å². The topological polar surface area (TPSA) is 98.6 Å². The molecule has 11 heteroatoms. The van der Waals surface area contributed by atoms with Gasteiger partial charge in [0.1, 0.15) is 5.82 Å². The van der Waals surface area contributed by atoms with Gasteiger partial charge in [-0.3, -0.25) is 0 Å². The first-order chi connectivity index (χ1) is 16.7. The summed E-state index contributed by atoms with van der Waals surface area (Å²) < 4.78 is 74.6. The van der Waals surface area contributed by atoms with Gasteiger partial charge >= 0.3 is 0 Å². The number of nitrogens with zero attached hydrogens (tertiary/aromatic N) is 3. The highest BCUT2D eigenvalue weighted by Crippen LogP contribution is 2.32. The second-order valence-electron chi connectivity index (χ2n) is 8.62. The van der Waals surface area contributed by atoms with Crippen molar-refractivity contribution < 1.29 is 26.0 Å². The Morgan fingerprint density at radius 1 is 1.06 bits per heavy atom. The smallest absolute Gasteiger partial charge is 0.243 e. The number of hydrogen-bond donors (Lipinski definition) is 0. The van der Waals surface area contributed by atoms with Crippen LogP contribution in [0.25, 0.3) is 0 Å². The van der Waals surface area contributed by atoms with Gasteiger partial charge in [-0.25, -0.2) is 26.2 Å². The zero-order chi connectivity index (χ0) is 25.1. The summed E-state index contributed by atoms with van der Waals surface area (Å²) in [7, 11) is -6.19. The molecular weight excluding hydrogens is 493 g/mol. The molecule has 2 aromatic carbocycles. The molecule has 0 atom stereocenters. The van der Waals surface area contributed by atoms with Crippen LogP contribution in [0.15, 0.2) is 70.8 Å². The molecule has 1 heterocycles. The van der Waals surface area contributed by atoms with Crippen molar-refractivity contribution in [2.45, 2.75) is 41.7 Å².